The van der Waals surface area contributed by atoms with Crippen LogP contribution in [0.1, 0.15) is 90.5 Å². The van der Waals surface area contributed by atoms with Crippen LogP contribution < -0.4 is 0 Å². The van der Waals surface area contributed by atoms with E-state index in [1.54, 1.807) is 16.4 Å². The molecule has 4 heteroatoms. The maximum Gasteiger partial charge on any atom is 0.243 e. The fraction of sp³-hybridized carbons (Fsp3) is 0.727. The van der Waals surface area contributed by atoms with Crippen LogP contribution in [-0.2, 0) is 16.4 Å². The zero-order chi connectivity index (χ0) is 19.3. The maximum atomic E-state index is 13.1. The van der Waals surface area contributed by atoms with E-state index in [9.17, 15) is 8.42 Å². The molecule has 0 unspecified atom stereocenters. The molecule has 0 bridgehead atoms. The molecule has 26 heavy (non-hydrogen) atoms. The van der Waals surface area contributed by atoms with E-state index in [4.69, 9.17) is 0 Å². The first kappa shape index (κ1) is 23.2. The van der Waals surface area contributed by atoms with Gasteiger partial charge < -0.3 is 0 Å². The lowest BCUT2D eigenvalue weighted by Crippen LogP contribution is -2.33. The first-order valence-electron chi connectivity index (χ1n) is 10.6. The summed E-state index contributed by atoms with van der Waals surface area (Å²) in [5, 5.41) is 0. The van der Waals surface area contributed by atoms with Crippen molar-refractivity contribution < 1.29 is 8.42 Å². The van der Waals surface area contributed by atoms with Crippen LogP contribution in [0, 0.1) is 0 Å². The minimum atomic E-state index is -3.38. The molecular weight excluding hydrogens is 342 g/mol. The maximum absolute atomic E-state index is 13.1. The van der Waals surface area contributed by atoms with Gasteiger partial charge in [0.05, 0.1) is 4.90 Å². The van der Waals surface area contributed by atoms with Gasteiger partial charge in [-0.25, -0.2) is 8.42 Å². The van der Waals surface area contributed by atoms with Crippen LogP contribution in [0.2, 0.25) is 0 Å². The molecule has 0 N–H and O–H groups in total. The SMILES string of the molecule is CCCCCCN(CCCCCC)S(=O)(=O)c1ccc(CCCC)cc1. The van der Waals surface area contributed by atoms with Crippen molar-refractivity contribution in [3.05, 3.63) is 29.8 Å². The van der Waals surface area contributed by atoms with Gasteiger partial charge in [-0.1, -0.05) is 77.8 Å². The summed E-state index contributed by atoms with van der Waals surface area (Å²) >= 11 is 0. The summed E-state index contributed by atoms with van der Waals surface area (Å²) in [5.74, 6) is 0. The van der Waals surface area contributed by atoms with Gasteiger partial charge in [0.25, 0.3) is 0 Å². The summed E-state index contributed by atoms with van der Waals surface area (Å²) < 4.78 is 27.9. The van der Waals surface area contributed by atoms with Crippen molar-refractivity contribution in [2.24, 2.45) is 0 Å². The first-order chi connectivity index (χ1) is 12.6. The van der Waals surface area contributed by atoms with Crippen LogP contribution in [0.3, 0.4) is 0 Å². The van der Waals surface area contributed by atoms with Gasteiger partial charge in [0.1, 0.15) is 0 Å². The van der Waals surface area contributed by atoms with E-state index < -0.39 is 10.0 Å². The van der Waals surface area contributed by atoms with Crippen molar-refractivity contribution in [3.8, 4) is 0 Å². The van der Waals surface area contributed by atoms with Crippen LogP contribution in [0.25, 0.3) is 0 Å². The Balaban J connectivity index is 2.78. The van der Waals surface area contributed by atoms with Gasteiger partial charge in [0.2, 0.25) is 10.0 Å². The highest BCUT2D eigenvalue weighted by atomic mass is 32.2. The summed E-state index contributed by atoms with van der Waals surface area (Å²) in [7, 11) is -3.38. The predicted molar refractivity (Wildman–Crippen MR) is 112 cm³/mol. The monoisotopic (exact) mass is 381 g/mol. The molecule has 0 spiro atoms. The molecule has 0 saturated heterocycles. The summed E-state index contributed by atoms with van der Waals surface area (Å²) in [6, 6.07) is 7.56. The second-order valence-electron chi connectivity index (χ2n) is 7.27. The van der Waals surface area contributed by atoms with Crippen LogP contribution in [0.5, 0.6) is 0 Å². The summed E-state index contributed by atoms with van der Waals surface area (Å²) in [4.78, 5) is 0.448. The number of unbranched alkanes of at least 4 members (excludes halogenated alkanes) is 7. The second-order valence-corrected chi connectivity index (χ2v) is 9.21. The zero-order valence-electron chi connectivity index (χ0n) is 17.2. The summed E-state index contributed by atoms with van der Waals surface area (Å²) in [5.41, 5.74) is 1.23. The Labute approximate surface area is 162 Å². The smallest absolute Gasteiger partial charge is 0.207 e. The number of hydrogen-bond donors (Lipinski definition) is 0. The molecule has 1 aromatic carbocycles. The van der Waals surface area contributed by atoms with Gasteiger partial charge in [0.15, 0.2) is 0 Å². The van der Waals surface area contributed by atoms with Crippen LogP contribution in [-0.4, -0.2) is 25.8 Å². The molecule has 1 aromatic rings. The fourth-order valence-electron chi connectivity index (χ4n) is 3.14. The van der Waals surface area contributed by atoms with E-state index in [1.165, 1.54) is 31.2 Å². The Morgan fingerprint density at radius 1 is 0.692 bits per heavy atom. The second kappa shape index (κ2) is 13.3. The number of benzene rings is 1. The highest BCUT2D eigenvalue weighted by Gasteiger charge is 2.23. The average Bonchev–Trinajstić information content (AvgIpc) is 2.65. The van der Waals surface area contributed by atoms with Gasteiger partial charge in [-0.2, -0.15) is 4.31 Å². The highest BCUT2D eigenvalue weighted by molar-refractivity contribution is 7.89. The topological polar surface area (TPSA) is 37.4 Å². The van der Waals surface area contributed by atoms with Gasteiger partial charge in [-0.3, -0.25) is 0 Å². The van der Waals surface area contributed by atoms with E-state index in [0.717, 1.165) is 44.9 Å². The van der Waals surface area contributed by atoms with Gasteiger partial charge in [-0.05, 0) is 43.4 Å². The molecular formula is C22H39NO2S. The summed E-state index contributed by atoms with van der Waals surface area (Å²) in [6.07, 6.45) is 12.1. The Kier molecular flexibility index (Phi) is 11.9. The highest BCUT2D eigenvalue weighted by Crippen LogP contribution is 2.19. The molecule has 0 radical (unpaired) electrons. The van der Waals surface area contributed by atoms with Crippen LogP contribution >= 0.6 is 0 Å². The van der Waals surface area contributed by atoms with Crippen molar-refractivity contribution in [1.82, 2.24) is 4.31 Å². The quantitative estimate of drug-likeness (QED) is 0.340. The lowest BCUT2D eigenvalue weighted by Gasteiger charge is -2.22. The van der Waals surface area contributed by atoms with E-state index in [-0.39, 0.29) is 0 Å². The van der Waals surface area contributed by atoms with Crippen molar-refractivity contribution >= 4 is 10.0 Å². The number of sulfonamides is 1. The van der Waals surface area contributed by atoms with E-state index in [2.05, 4.69) is 20.8 Å². The number of nitrogens with zero attached hydrogens (tertiary/aromatic N) is 1. The van der Waals surface area contributed by atoms with E-state index in [0.29, 0.717) is 18.0 Å². The number of aryl methyl sites for hydroxylation is 1. The first-order valence-corrected chi connectivity index (χ1v) is 12.1. The summed E-state index contributed by atoms with van der Waals surface area (Å²) in [6.45, 7) is 7.82. The van der Waals surface area contributed by atoms with Crippen LogP contribution in [0.15, 0.2) is 29.2 Å². The molecule has 0 aliphatic carbocycles. The minimum Gasteiger partial charge on any atom is -0.207 e. The molecule has 0 fully saturated rings. The Morgan fingerprint density at radius 2 is 1.19 bits per heavy atom. The Morgan fingerprint density at radius 3 is 1.65 bits per heavy atom. The molecule has 3 nitrogen and oxygen atoms in total. The lowest BCUT2D eigenvalue weighted by atomic mass is 10.1. The molecule has 1 rings (SSSR count). The lowest BCUT2D eigenvalue weighted by molar-refractivity contribution is 0.385. The normalized spacial score (nSPS) is 12.0. The van der Waals surface area contributed by atoms with Gasteiger partial charge in [0, 0.05) is 13.1 Å². The molecule has 0 amide bonds. The van der Waals surface area contributed by atoms with Crippen molar-refractivity contribution in [3.63, 3.8) is 0 Å². The zero-order valence-corrected chi connectivity index (χ0v) is 18.0. The third-order valence-electron chi connectivity index (χ3n) is 4.90. The third kappa shape index (κ3) is 8.22. The van der Waals surface area contributed by atoms with Gasteiger partial charge in [-0.15, -0.1) is 0 Å². The average molecular weight is 382 g/mol. The molecule has 0 aliphatic heterocycles. The van der Waals surface area contributed by atoms with E-state index >= 15 is 0 Å². The molecule has 150 valence electrons. The Hall–Kier alpha value is -0.870. The van der Waals surface area contributed by atoms with E-state index in [1.807, 2.05) is 12.1 Å². The number of rotatable bonds is 15. The van der Waals surface area contributed by atoms with Crippen molar-refractivity contribution in [1.29, 1.82) is 0 Å². The van der Waals surface area contributed by atoms with Crippen molar-refractivity contribution in [2.45, 2.75) is 96.3 Å². The van der Waals surface area contributed by atoms with Crippen LogP contribution in [0.4, 0.5) is 0 Å². The third-order valence-corrected chi connectivity index (χ3v) is 6.82. The Bertz CT molecular complexity index is 554. The molecule has 0 aromatic heterocycles. The number of hydrogen-bond acceptors (Lipinski definition) is 2. The largest absolute Gasteiger partial charge is 0.243 e. The standard InChI is InChI=1S/C22H39NO2S/c1-4-7-10-12-19-23(20-13-11-8-5-2)26(24,25)22-17-15-21(16-18-22)14-9-6-3/h15-18H,4-14,19-20H2,1-3H3. The fourth-order valence-corrected chi connectivity index (χ4v) is 4.66. The molecule has 0 aliphatic rings. The van der Waals surface area contributed by atoms with Gasteiger partial charge >= 0.3 is 0 Å². The molecule has 0 saturated carbocycles. The predicted octanol–water partition coefficient (Wildman–Crippen LogP) is 6.18. The van der Waals surface area contributed by atoms with Crippen molar-refractivity contribution in [2.75, 3.05) is 13.1 Å². The molecule has 0 heterocycles. The minimum absolute atomic E-state index is 0.448. The molecule has 0 atom stereocenters.